The summed E-state index contributed by atoms with van der Waals surface area (Å²) in [6.07, 6.45) is 6.11. The molecule has 1 aromatic heterocycles. The highest BCUT2D eigenvalue weighted by Gasteiger charge is 2.37. The fourth-order valence-corrected chi connectivity index (χ4v) is 2.74. The Labute approximate surface area is 102 Å². The van der Waals surface area contributed by atoms with E-state index in [-0.39, 0.29) is 5.78 Å². The average molecular weight is 235 g/mol. The highest BCUT2D eigenvalue weighted by Crippen LogP contribution is 2.31. The molecule has 2 atom stereocenters. The Hall–Kier alpha value is -1.16. The Morgan fingerprint density at radius 1 is 1.71 bits per heavy atom. The maximum absolute atomic E-state index is 12.3. The van der Waals surface area contributed by atoms with Gasteiger partial charge >= 0.3 is 0 Å². The quantitative estimate of drug-likeness (QED) is 0.862. The molecule has 0 aromatic carbocycles. The van der Waals surface area contributed by atoms with E-state index in [0.29, 0.717) is 12.3 Å². The summed E-state index contributed by atoms with van der Waals surface area (Å²) in [4.78, 5) is 12.3. The number of aromatic nitrogens is 2. The van der Waals surface area contributed by atoms with Crippen LogP contribution >= 0.6 is 0 Å². The van der Waals surface area contributed by atoms with E-state index in [9.17, 15) is 4.79 Å². The summed E-state index contributed by atoms with van der Waals surface area (Å²) in [6, 6.07) is 1.88. The zero-order chi connectivity index (χ0) is 12.5. The van der Waals surface area contributed by atoms with Gasteiger partial charge in [-0.2, -0.15) is 5.10 Å². The standard InChI is InChI=1S/C13H21N3O/c1-10-4-3-6-13(14,9-10)12(17)8-11-5-7-16(2)15-11/h5,7,10H,3-4,6,8-9,14H2,1-2H3. The van der Waals surface area contributed by atoms with Gasteiger partial charge in [-0.3, -0.25) is 9.48 Å². The van der Waals surface area contributed by atoms with Crippen LogP contribution in [0.3, 0.4) is 0 Å². The van der Waals surface area contributed by atoms with E-state index in [4.69, 9.17) is 5.73 Å². The van der Waals surface area contributed by atoms with Crippen LogP contribution in [0.5, 0.6) is 0 Å². The van der Waals surface area contributed by atoms with Crippen LogP contribution in [0.15, 0.2) is 12.3 Å². The molecule has 17 heavy (non-hydrogen) atoms. The number of nitrogens with zero attached hydrogens (tertiary/aromatic N) is 2. The number of carbonyl (C=O) groups is 1. The molecule has 1 saturated carbocycles. The summed E-state index contributed by atoms with van der Waals surface area (Å²) in [7, 11) is 1.86. The number of Topliss-reactive ketones (excluding diaryl/α,β-unsaturated/α-hetero) is 1. The van der Waals surface area contributed by atoms with E-state index in [2.05, 4.69) is 12.0 Å². The van der Waals surface area contributed by atoms with E-state index in [0.717, 1.165) is 25.0 Å². The van der Waals surface area contributed by atoms with E-state index in [1.807, 2.05) is 19.3 Å². The van der Waals surface area contributed by atoms with Gasteiger partial charge in [0.25, 0.3) is 0 Å². The Morgan fingerprint density at radius 3 is 3.06 bits per heavy atom. The van der Waals surface area contributed by atoms with Crippen LogP contribution in [0.25, 0.3) is 0 Å². The van der Waals surface area contributed by atoms with Crippen LogP contribution in [0.1, 0.15) is 38.3 Å². The second-order valence-corrected chi connectivity index (χ2v) is 5.44. The molecule has 0 saturated heterocycles. The van der Waals surface area contributed by atoms with Crippen molar-refractivity contribution in [3.63, 3.8) is 0 Å². The number of aryl methyl sites for hydroxylation is 1. The maximum Gasteiger partial charge on any atom is 0.158 e. The number of hydrogen-bond donors (Lipinski definition) is 1. The van der Waals surface area contributed by atoms with Gasteiger partial charge in [-0.05, 0) is 24.8 Å². The molecular formula is C13H21N3O. The molecule has 0 spiro atoms. The molecular weight excluding hydrogens is 214 g/mol. The van der Waals surface area contributed by atoms with Crippen LogP contribution in [-0.4, -0.2) is 21.1 Å². The van der Waals surface area contributed by atoms with Crippen molar-refractivity contribution < 1.29 is 4.79 Å². The molecule has 2 unspecified atom stereocenters. The summed E-state index contributed by atoms with van der Waals surface area (Å²) in [5.41, 5.74) is 6.47. The summed E-state index contributed by atoms with van der Waals surface area (Å²) < 4.78 is 1.72. The number of ketones is 1. The second kappa shape index (κ2) is 4.61. The van der Waals surface area contributed by atoms with Gasteiger partial charge in [0.1, 0.15) is 0 Å². The molecule has 4 heteroatoms. The molecule has 1 fully saturated rings. The fraction of sp³-hybridized carbons (Fsp3) is 0.692. The molecule has 94 valence electrons. The smallest absolute Gasteiger partial charge is 0.158 e. The molecule has 2 rings (SSSR count). The zero-order valence-corrected chi connectivity index (χ0v) is 10.6. The normalized spacial score (nSPS) is 29.2. The summed E-state index contributed by atoms with van der Waals surface area (Å²) in [6.45, 7) is 2.18. The van der Waals surface area contributed by atoms with E-state index >= 15 is 0 Å². The van der Waals surface area contributed by atoms with Crippen LogP contribution in [0.4, 0.5) is 0 Å². The third-order valence-corrected chi connectivity index (χ3v) is 3.70. The van der Waals surface area contributed by atoms with Gasteiger partial charge in [-0.15, -0.1) is 0 Å². The molecule has 2 N–H and O–H groups in total. The molecule has 0 amide bonds. The molecule has 4 nitrogen and oxygen atoms in total. The highest BCUT2D eigenvalue weighted by atomic mass is 16.1. The molecule has 0 radical (unpaired) electrons. The first-order valence-electron chi connectivity index (χ1n) is 6.30. The Bertz CT molecular complexity index is 413. The summed E-state index contributed by atoms with van der Waals surface area (Å²) >= 11 is 0. The van der Waals surface area contributed by atoms with Crippen LogP contribution < -0.4 is 5.73 Å². The lowest BCUT2D eigenvalue weighted by Gasteiger charge is -2.35. The average Bonchev–Trinajstić information content (AvgIpc) is 2.63. The minimum absolute atomic E-state index is 0.141. The van der Waals surface area contributed by atoms with Gasteiger partial charge in [-0.25, -0.2) is 0 Å². The van der Waals surface area contributed by atoms with Gasteiger partial charge in [-0.1, -0.05) is 19.8 Å². The third kappa shape index (κ3) is 2.75. The number of nitrogens with two attached hydrogens (primary N) is 1. The SMILES string of the molecule is CC1CCCC(N)(C(=O)Cc2ccn(C)n2)C1. The van der Waals surface area contributed by atoms with Crippen molar-refractivity contribution in [2.75, 3.05) is 0 Å². The Balaban J connectivity index is 2.03. The summed E-state index contributed by atoms with van der Waals surface area (Å²) in [5.74, 6) is 0.698. The van der Waals surface area contributed by atoms with Crippen LogP contribution in [-0.2, 0) is 18.3 Å². The lowest BCUT2D eigenvalue weighted by Crippen LogP contribution is -2.51. The van der Waals surface area contributed by atoms with Crippen molar-refractivity contribution in [1.29, 1.82) is 0 Å². The molecule has 1 heterocycles. The lowest BCUT2D eigenvalue weighted by atomic mass is 9.74. The van der Waals surface area contributed by atoms with Crippen molar-refractivity contribution in [3.8, 4) is 0 Å². The minimum Gasteiger partial charge on any atom is -0.319 e. The van der Waals surface area contributed by atoms with Crippen molar-refractivity contribution >= 4 is 5.78 Å². The zero-order valence-electron chi connectivity index (χ0n) is 10.6. The van der Waals surface area contributed by atoms with Crippen molar-refractivity contribution in [2.24, 2.45) is 18.7 Å². The molecule has 1 aliphatic carbocycles. The first-order valence-corrected chi connectivity index (χ1v) is 6.30. The van der Waals surface area contributed by atoms with Gasteiger partial charge in [0.15, 0.2) is 5.78 Å². The predicted octanol–water partition coefficient (Wildman–Crippen LogP) is 1.44. The number of carbonyl (C=O) groups excluding carboxylic acids is 1. The van der Waals surface area contributed by atoms with Gasteiger partial charge in [0, 0.05) is 13.2 Å². The minimum atomic E-state index is -0.616. The number of rotatable bonds is 3. The highest BCUT2D eigenvalue weighted by molar-refractivity contribution is 5.89. The molecule has 0 bridgehead atoms. The largest absolute Gasteiger partial charge is 0.319 e. The van der Waals surface area contributed by atoms with Crippen LogP contribution in [0, 0.1) is 5.92 Å². The van der Waals surface area contributed by atoms with Crippen molar-refractivity contribution in [3.05, 3.63) is 18.0 Å². The van der Waals surface area contributed by atoms with Crippen molar-refractivity contribution in [1.82, 2.24) is 9.78 Å². The first-order chi connectivity index (χ1) is 7.99. The third-order valence-electron chi connectivity index (χ3n) is 3.70. The fourth-order valence-electron chi connectivity index (χ4n) is 2.74. The topological polar surface area (TPSA) is 60.9 Å². The van der Waals surface area contributed by atoms with Gasteiger partial charge < -0.3 is 5.73 Å². The first kappa shape index (κ1) is 12.3. The van der Waals surface area contributed by atoms with Gasteiger partial charge in [0.05, 0.1) is 17.7 Å². The molecule has 1 aromatic rings. The molecule has 0 aliphatic heterocycles. The second-order valence-electron chi connectivity index (χ2n) is 5.44. The van der Waals surface area contributed by atoms with Gasteiger partial charge in [0.2, 0.25) is 0 Å². The van der Waals surface area contributed by atoms with E-state index in [1.54, 1.807) is 4.68 Å². The Morgan fingerprint density at radius 2 is 2.47 bits per heavy atom. The van der Waals surface area contributed by atoms with E-state index < -0.39 is 5.54 Å². The molecule has 1 aliphatic rings. The predicted molar refractivity (Wildman–Crippen MR) is 66.5 cm³/mol. The summed E-state index contributed by atoms with van der Waals surface area (Å²) in [5, 5.41) is 4.24. The number of hydrogen-bond acceptors (Lipinski definition) is 3. The lowest BCUT2D eigenvalue weighted by molar-refractivity contribution is -0.125. The van der Waals surface area contributed by atoms with E-state index in [1.165, 1.54) is 6.42 Å². The monoisotopic (exact) mass is 235 g/mol. The van der Waals surface area contributed by atoms with Crippen molar-refractivity contribution in [2.45, 2.75) is 44.6 Å². The maximum atomic E-state index is 12.3. The Kier molecular flexibility index (Phi) is 3.33. The van der Waals surface area contributed by atoms with Crippen LogP contribution in [0.2, 0.25) is 0 Å².